The lowest BCUT2D eigenvalue weighted by molar-refractivity contribution is -1.37. The third-order valence-corrected chi connectivity index (χ3v) is 0.190. The van der Waals surface area contributed by atoms with E-state index in [4.69, 9.17) is 20.7 Å². The van der Waals surface area contributed by atoms with Crippen LogP contribution in [0.3, 0.4) is 0 Å². The normalized spacial score (nSPS) is 12.0. The minimum absolute atomic E-state index is 1.12. The summed E-state index contributed by atoms with van der Waals surface area (Å²) in [5, 5.41) is 30.5. The monoisotopic (exact) mass is 96.0 g/mol. The second kappa shape index (κ2) is 1.50. The van der Waals surface area contributed by atoms with Gasteiger partial charge in [0.2, 0.25) is 0 Å². The van der Waals surface area contributed by atoms with Gasteiger partial charge in [0.1, 0.15) is 4.97 Å². The molecule has 0 aromatic carbocycles. The molecule has 0 aliphatic carbocycles. The van der Waals surface area contributed by atoms with Crippen LogP contribution in [0.5, 0.6) is 0 Å². The van der Waals surface area contributed by atoms with Gasteiger partial charge in [0, 0.05) is 0 Å². The van der Waals surface area contributed by atoms with Crippen LogP contribution in [-0.2, 0) is 0 Å². The van der Waals surface area contributed by atoms with E-state index in [2.05, 4.69) is 0 Å². The second-order valence-electron chi connectivity index (χ2n) is 0.834. The number of quaternary nitrogens is 1. The summed E-state index contributed by atoms with van der Waals surface area (Å²) in [7, 11) is 0. The number of hydrogen-bond donors (Lipinski definition) is 4. The Bertz CT molecular complexity index is 37.3. The van der Waals surface area contributed by atoms with Crippen LogP contribution < -0.4 is 0 Å². The molecule has 0 fully saturated rings. The fraction of sp³-hybridized carbons (Fsp3) is 1.00. The third kappa shape index (κ3) is 3.80. The Morgan fingerprint density at radius 3 is 1.33 bits per heavy atom. The van der Waals surface area contributed by atoms with Crippen LogP contribution >= 0.6 is 0 Å². The van der Waals surface area contributed by atoms with Crippen LogP contribution in [0.1, 0.15) is 0 Å². The van der Waals surface area contributed by atoms with Gasteiger partial charge in [-0.1, -0.05) is 0 Å². The highest BCUT2D eigenvalue weighted by atomic mass is 17.1. The predicted octanol–water partition coefficient (Wildman–Crippen LogP) is -1.08. The van der Waals surface area contributed by atoms with E-state index in [9.17, 15) is 0 Å². The van der Waals surface area contributed by atoms with Crippen molar-refractivity contribution in [1.29, 1.82) is 0 Å². The van der Waals surface area contributed by atoms with E-state index in [0.29, 0.717) is 0 Å². The Kier molecular flexibility index (Phi) is 1.45. The van der Waals surface area contributed by atoms with Crippen molar-refractivity contribution < 1.29 is 25.7 Å². The van der Waals surface area contributed by atoms with Crippen molar-refractivity contribution in [3.63, 3.8) is 0 Å². The highest BCUT2D eigenvalue weighted by Crippen LogP contribution is 1.78. The number of aliphatic hydroxyl groups excluding tert-OH is 1. The van der Waals surface area contributed by atoms with Crippen LogP contribution in [0.2, 0.25) is 0 Å². The number of aliphatic hydroxyl groups is 1. The zero-order valence-corrected chi connectivity index (χ0v) is 2.94. The van der Waals surface area contributed by atoms with E-state index in [0.717, 1.165) is 0 Å². The standard InChI is InChI=1S/CH6NO4/c3-1-2(4,5)6/h3-6H,1H2/q+1. The van der Waals surface area contributed by atoms with Crippen molar-refractivity contribution in [1.82, 2.24) is 0 Å². The maximum absolute atomic E-state index is 7.62. The average Bonchev–Trinajstić information content (AvgIpc) is 1.35. The molecule has 5 nitrogen and oxygen atoms in total. The largest absolute Gasteiger partial charge is 0.340 e. The molecule has 0 aromatic rings. The van der Waals surface area contributed by atoms with E-state index >= 15 is 0 Å². The topological polar surface area (TPSA) is 80.9 Å². The van der Waals surface area contributed by atoms with E-state index in [1.807, 2.05) is 0 Å². The molecule has 0 aromatic heterocycles. The number of nitrogens with zero attached hydrogens (tertiary/aromatic N) is 1. The number of hydroxylamine groups is 3. The van der Waals surface area contributed by atoms with E-state index in [1.54, 1.807) is 0 Å². The second-order valence-corrected chi connectivity index (χ2v) is 0.834. The molecule has 0 aliphatic heterocycles. The minimum Gasteiger partial charge on any atom is -0.340 e. The molecule has 4 N–H and O–H groups in total. The first-order valence-electron chi connectivity index (χ1n) is 1.23. The Morgan fingerprint density at radius 1 is 1.17 bits per heavy atom. The molecule has 0 unspecified atom stereocenters. The molecule has 0 heterocycles. The Hall–Kier alpha value is -0.200. The van der Waals surface area contributed by atoms with Gasteiger partial charge in [-0.15, -0.1) is 15.6 Å². The zero-order valence-electron chi connectivity index (χ0n) is 2.94. The molecule has 0 saturated heterocycles. The first-order chi connectivity index (χ1) is 2.56. The van der Waals surface area contributed by atoms with Crippen molar-refractivity contribution in [3.05, 3.63) is 0 Å². The van der Waals surface area contributed by atoms with Crippen LogP contribution in [0.15, 0.2) is 0 Å². The summed E-state index contributed by atoms with van der Waals surface area (Å²) in [6.07, 6.45) is 0. The molecule has 0 spiro atoms. The smallest absolute Gasteiger partial charge is 0.277 e. The van der Waals surface area contributed by atoms with Crippen molar-refractivity contribution in [2.75, 3.05) is 6.73 Å². The summed E-state index contributed by atoms with van der Waals surface area (Å²) >= 11 is 0. The maximum atomic E-state index is 7.62. The fourth-order valence-electron chi connectivity index (χ4n) is 0. The van der Waals surface area contributed by atoms with Gasteiger partial charge >= 0.3 is 0 Å². The number of hydrogen-bond acceptors (Lipinski definition) is 4. The Balaban J connectivity index is 3.17. The molecule has 0 amide bonds. The van der Waals surface area contributed by atoms with Gasteiger partial charge in [0.25, 0.3) is 6.73 Å². The van der Waals surface area contributed by atoms with Crippen molar-refractivity contribution in [2.24, 2.45) is 0 Å². The predicted molar refractivity (Wildman–Crippen MR) is 12.7 cm³/mol. The highest BCUT2D eigenvalue weighted by molar-refractivity contribution is 3.57. The van der Waals surface area contributed by atoms with Crippen molar-refractivity contribution >= 4 is 0 Å². The summed E-state index contributed by atoms with van der Waals surface area (Å²) in [6, 6.07) is 0. The van der Waals surface area contributed by atoms with Crippen molar-refractivity contribution in [2.45, 2.75) is 0 Å². The summed E-state index contributed by atoms with van der Waals surface area (Å²) in [5.41, 5.74) is 0. The summed E-state index contributed by atoms with van der Waals surface area (Å²) < 4.78 is 0. The van der Waals surface area contributed by atoms with Crippen LogP contribution in [0.25, 0.3) is 0 Å². The van der Waals surface area contributed by atoms with Crippen LogP contribution in [0.4, 0.5) is 0 Å². The fourth-order valence-corrected chi connectivity index (χ4v) is 0. The summed E-state index contributed by atoms with van der Waals surface area (Å²) in [6.45, 7) is -1.12. The first-order valence-corrected chi connectivity index (χ1v) is 1.23. The lowest BCUT2D eigenvalue weighted by atomic mass is 11.3. The minimum atomic E-state index is -2.38. The molecule has 5 heteroatoms. The molecule has 0 saturated carbocycles. The first kappa shape index (κ1) is 5.80. The van der Waals surface area contributed by atoms with Gasteiger partial charge in [-0.3, -0.25) is 0 Å². The Labute approximate surface area is 33.7 Å². The maximum Gasteiger partial charge on any atom is 0.277 e. The van der Waals surface area contributed by atoms with Gasteiger partial charge in [-0.05, 0) is 0 Å². The molecule has 0 radical (unpaired) electrons. The third-order valence-electron chi connectivity index (χ3n) is 0.190. The SMILES string of the molecule is OC[N+](O)(O)O. The zero-order chi connectivity index (χ0) is 5.21. The van der Waals surface area contributed by atoms with Gasteiger partial charge in [-0.25, -0.2) is 0 Å². The lowest BCUT2D eigenvalue weighted by Crippen LogP contribution is -2.37. The molecular weight excluding hydrogens is 90.0 g/mol. The van der Waals surface area contributed by atoms with Crippen molar-refractivity contribution in [3.8, 4) is 0 Å². The quantitative estimate of drug-likeness (QED) is 0.190. The molecule has 6 heavy (non-hydrogen) atoms. The lowest BCUT2D eigenvalue weighted by Gasteiger charge is -2.04. The summed E-state index contributed by atoms with van der Waals surface area (Å²) in [4.78, 5) is -2.38. The van der Waals surface area contributed by atoms with Crippen LogP contribution in [-0.4, -0.2) is 32.4 Å². The van der Waals surface area contributed by atoms with E-state index in [1.165, 1.54) is 0 Å². The van der Waals surface area contributed by atoms with Gasteiger partial charge in [-0.2, -0.15) is 0 Å². The molecule has 38 valence electrons. The van der Waals surface area contributed by atoms with Gasteiger partial charge in [0.15, 0.2) is 0 Å². The van der Waals surface area contributed by atoms with Gasteiger partial charge < -0.3 is 5.11 Å². The molecule has 0 rings (SSSR count). The van der Waals surface area contributed by atoms with Gasteiger partial charge in [0.05, 0.1) is 0 Å². The average molecular weight is 96.1 g/mol. The molecule has 0 bridgehead atoms. The molecular formula is CH6NO4+. The number of rotatable bonds is 1. The van der Waals surface area contributed by atoms with E-state index in [-0.39, 0.29) is 0 Å². The summed E-state index contributed by atoms with van der Waals surface area (Å²) in [5.74, 6) is 0. The Morgan fingerprint density at radius 2 is 1.33 bits per heavy atom. The molecule has 0 atom stereocenters. The highest BCUT2D eigenvalue weighted by Gasteiger charge is 2.13. The van der Waals surface area contributed by atoms with E-state index < -0.39 is 11.7 Å². The van der Waals surface area contributed by atoms with Crippen LogP contribution in [0, 0.1) is 0 Å². The molecule has 0 aliphatic rings.